The number of hydrogen-bond acceptors (Lipinski definition) is 3. The number of pyridine rings is 1. The van der Waals surface area contributed by atoms with E-state index in [1.54, 1.807) is 29.5 Å². The summed E-state index contributed by atoms with van der Waals surface area (Å²) in [6, 6.07) is 8.88. The first-order valence-electron chi connectivity index (χ1n) is 6.91. The van der Waals surface area contributed by atoms with Crippen LogP contribution in [0.5, 0.6) is 0 Å². The van der Waals surface area contributed by atoms with Crippen molar-refractivity contribution in [2.45, 2.75) is 25.7 Å². The molecule has 1 N–H and O–H groups in total. The summed E-state index contributed by atoms with van der Waals surface area (Å²) in [5.74, 6) is 0. The maximum absolute atomic E-state index is 12.7. The molecule has 0 bridgehead atoms. The van der Waals surface area contributed by atoms with Crippen LogP contribution in [-0.4, -0.2) is 17.8 Å². The number of benzene rings is 1. The van der Waals surface area contributed by atoms with Crippen LogP contribution >= 0.6 is 0 Å². The first kappa shape index (κ1) is 14.6. The molecular weight excluding hydrogens is 298 g/mol. The van der Waals surface area contributed by atoms with Crippen molar-refractivity contribution >= 4 is 21.4 Å². The van der Waals surface area contributed by atoms with Gasteiger partial charge in [0, 0.05) is 12.4 Å². The Labute approximate surface area is 129 Å². The van der Waals surface area contributed by atoms with E-state index in [1.807, 2.05) is 38.4 Å². The lowest BCUT2D eigenvalue weighted by atomic mass is 10.2. The number of hydrogen-bond donors (Lipinski definition) is 1. The number of sulfonamides is 1. The molecule has 0 aliphatic carbocycles. The highest BCUT2D eigenvalue weighted by Gasteiger charge is 2.18. The van der Waals surface area contributed by atoms with Gasteiger partial charge in [0.2, 0.25) is 0 Å². The molecule has 0 saturated carbocycles. The summed E-state index contributed by atoms with van der Waals surface area (Å²) in [7, 11) is -3.65. The molecule has 0 aliphatic rings. The summed E-state index contributed by atoms with van der Waals surface area (Å²) in [4.78, 5) is 4.66. The van der Waals surface area contributed by atoms with Crippen molar-refractivity contribution in [3.8, 4) is 0 Å². The van der Waals surface area contributed by atoms with Crippen molar-refractivity contribution in [2.75, 3.05) is 4.72 Å². The molecule has 3 rings (SSSR count). The van der Waals surface area contributed by atoms with Crippen LogP contribution in [0.3, 0.4) is 0 Å². The Morgan fingerprint density at radius 1 is 1.14 bits per heavy atom. The Bertz CT molecular complexity index is 959. The molecule has 0 aliphatic heterocycles. The third-order valence-electron chi connectivity index (χ3n) is 3.48. The van der Waals surface area contributed by atoms with Crippen LogP contribution in [0.1, 0.15) is 16.8 Å². The van der Waals surface area contributed by atoms with Crippen molar-refractivity contribution in [2.24, 2.45) is 0 Å². The molecule has 2 aromatic heterocycles. The Morgan fingerprint density at radius 2 is 1.91 bits per heavy atom. The van der Waals surface area contributed by atoms with Crippen LogP contribution in [-0.2, 0) is 10.0 Å². The maximum Gasteiger partial charge on any atom is 0.262 e. The van der Waals surface area contributed by atoms with E-state index in [-0.39, 0.29) is 4.90 Å². The van der Waals surface area contributed by atoms with Crippen LogP contribution in [0.15, 0.2) is 47.6 Å². The van der Waals surface area contributed by atoms with Gasteiger partial charge in [-0.15, -0.1) is 0 Å². The highest BCUT2D eigenvalue weighted by Crippen LogP contribution is 2.23. The largest absolute Gasteiger partial charge is 0.305 e. The van der Waals surface area contributed by atoms with Gasteiger partial charge >= 0.3 is 0 Å². The minimum absolute atomic E-state index is 0.290. The van der Waals surface area contributed by atoms with E-state index in [1.165, 1.54) is 0 Å². The second-order valence-electron chi connectivity index (χ2n) is 5.41. The molecule has 1 aromatic carbocycles. The van der Waals surface area contributed by atoms with Gasteiger partial charge < -0.3 is 4.40 Å². The number of aryl methyl sites for hydroxylation is 3. The number of nitrogens with one attached hydrogen (secondary N) is 1. The lowest BCUT2D eigenvalue weighted by Crippen LogP contribution is -2.15. The molecule has 0 spiro atoms. The Kier molecular flexibility index (Phi) is 3.41. The summed E-state index contributed by atoms with van der Waals surface area (Å²) in [6.45, 7) is 5.53. The number of anilines is 1. The van der Waals surface area contributed by atoms with Crippen molar-refractivity contribution in [3.63, 3.8) is 0 Å². The van der Waals surface area contributed by atoms with Gasteiger partial charge in [0.05, 0.1) is 16.3 Å². The highest BCUT2D eigenvalue weighted by molar-refractivity contribution is 7.92. The molecule has 114 valence electrons. The molecule has 0 atom stereocenters. The monoisotopic (exact) mass is 315 g/mol. The highest BCUT2D eigenvalue weighted by atomic mass is 32.2. The van der Waals surface area contributed by atoms with Crippen molar-refractivity contribution in [1.29, 1.82) is 0 Å². The van der Waals surface area contributed by atoms with E-state index in [0.717, 1.165) is 11.3 Å². The standard InChI is InChI=1S/C16H17N3O2S/c1-11-6-7-12(2)15(9-11)22(20,21)18-14-5-4-8-19-10-13(3)17-16(14)19/h4-10,18H,1-3H3. The lowest BCUT2D eigenvalue weighted by Gasteiger charge is -2.11. The van der Waals surface area contributed by atoms with Crippen LogP contribution in [0.25, 0.3) is 5.65 Å². The first-order chi connectivity index (χ1) is 10.4. The van der Waals surface area contributed by atoms with E-state index < -0.39 is 10.0 Å². The van der Waals surface area contributed by atoms with Gasteiger partial charge in [-0.25, -0.2) is 13.4 Å². The van der Waals surface area contributed by atoms with Crippen LogP contribution < -0.4 is 4.72 Å². The van der Waals surface area contributed by atoms with Crippen molar-refractivity contribution < 1.29 is 8.42 Å². The molecule has 2 heterocycles. The number of imidazole rings is 1. The fraction of sp³-hybridized carbons (Fsp3) is 0.188. The van der Waals surface area contributed by atoms with Gasteiger partial charge in [-0.3, -0.25) is 4.72 Å². The third kappa shape index (κ3) is 2.57. The predicted molar refractivity (Wildman–Crippen MR) is 86.7 cm³/mol. The van der Waals surface area contributed by atoms with Gasteiger partial charge in [-0.05, 0) is 50.1 Å². The molecule has 0 unspecified atom stereocenters. The lowest BCUT2D eigenvalue weighted by molar-refractivity contribution is 0.600. The summed E-state index contributed by atoms with van der Waals surface area (Å²) >= 11 is 0. The fourth-order valence-corrected chi connectivity index (χ4v) is 3.80. The van der Waals surface area contributed by atoms with Gasteiger partial charge in [0.15, 0.2) is 5.65 Å². The van der Waals surface area contributed by atoms with E-state index in [2.05, 4.69) is 9.71 Å². The number of aromatic nitrogens is 2. The van der Waals surface area contributed by atoms with E-state index >= 15 is 0 Å². The molecule has 3 aromatic rings. The average molecular weight is 315 g/mol. The average Bonchev–Trinajstić information content (AvgIpc) is 2.82. The number of nitrogens with zero attached hydrogens (tertiary/aromatic N) is 2. The maximum atomic E-state index is 12.7. The summed E-state index contributed by atoms with van der Waals surface area (Å²) in [5.41, 5.74) is 3.51. The van der Waals surface area contributed by atoms with Gasteiger partial charge in [0.25, 0.3) is 10.0 Å². The molecule has 0 fully saturated rings. The minimum Gasteiger partial charge on any atom is -0.305 e. The summed E-state index contributed by atoms with van der Waals surface area (Å²) in [6.07, 6.45) is 3.69. The van der Waals surface area contributed by atoms with Gasteiger partial charge in [-0.1, -0.05) is 12.1 Å². The molecule has 22 heavy (non-hydrogen) atoms. The summed E-state index contributed by atoms with van der Waals surface area (Å²) < 4.78 is 29.8. The van der Waals surface area contributed by atoms with Crippen LogP contribution in [0.2, 0.25) is 0 Å². The SMILES string of the molecule is Cc1ccc(C)c(S(=O)(=O)Nc2cccn3cc(C)nc23)c1. The molecule has 0 radical (unpaired) electrons. The molecule has 6 heteroatoms. The topological polar surface area (TPSA) is 63.5 Å². The smallest absolute Gasteiger partial charge is 0.262 e. The van der Waals surface area contributed by atoms with Gasteiger partial charge in [-0.2, -0.15) is 0 Å². The van der Waals surface area contributed by atoms with Gasteiger partial charge in [0.1, 0.15) is 0 Å². The minimum atomic E-state index is -3.65. The molecule has 0 saturated heterocycles. The van der Waals surface area contributed by atoms with Crippen LogP contribution in [0, 0.1) is 20.8 Å². The Balaban J connectivity index is 2.09. The van der Waals surface area contributed by atoms with E-state index in [9.17, 15) is 8.42 Å². The third-order valence-corrected chi connectivity index (χ3v) is 4.99. The Hall–Kier alpha value is -2.34. The van der Waals surface area contributed by atoms with Crippen molar-refractivity contribution in [3.05, 3.63) is 59.5 Å². The molecule has 5 nitrogen and oxygen atoms in total. The summed E-state index contributed by atoms with van der Waals surface area (Å²) in [5, 5.41) is 0. The van der Waals surface area contributed by atoms with E-state index in [0.29, 0.717) is 16.9 Å². The normalized spacial score (nSPS) is 11.8. The quantitative estimate of drug-likeness (QED) is 0.808. The van der Waals surface area contributed by atoms with Crippen molar-refractivity contribution in [1.82, 2.24) is 9.38 Å². The molecular formula is C16H17N3O2S. The second-order valence-corrected chi connectivity index (χ2v) is 7.06. The van der Waals surface area contributed by atoms with E-state index in [4.69, 9.17) is 0 Å². The fourth-order valence-electron chi connectivity index (χ4n) is 2.41. The first-order valence-corrected chi connectivity index (χ1v) is 8.39. The van der Waals surface area contributed by atoms with Crippen LogP contribution in [0.4, 0.5) is 5.69 Å². The predicted octanol–water partition coefficient (Wildman–Crippen LogP) is 3.06. The molecule has 0 amide bonds. The number of fused-ring (bicyclic) bond motifs is 1. The zero-order valence-corrected chi connectivity index (χ0v) is 13.5. The number of rotatable bonds is 3. The second kappa shape index (κ2) is 5.14. The zero-order chi connectivity index (χ0) is 15.9. The Morgan fingerprint density at radius 3 is 2.68 bits per heavy atom. The zero-order valence-electron chi connectivity index (χ0n) is 12.7.